The molecule has 0 aliphatic heterocycles. The van der Waals surface area contributed by atoms with Crippen LogP contribution in [-0.2, 0) is 13.5 Å². The molecule has 0 amide bonds. The summed E-state index contributed by atoms with van der Waals surface area (Å²) in [5.41, 5.74) is 5.17. The summed E-state index contributed by atoms with van der Waals surface area (Å²) in [7, 11) is 1.92. The van der Waals surface area contributed by atoms with E-state index in [1.165, 1.54) is 5.56 Å². The second-order valence-electron chi connectivity index (χ2n) is 4.45. The van der Waals surface area contributed by atoms with Gasteiger partial charge in [0.2, 0.25) is 0 Å². The number of nitrogens with zero attached hydrogens (tertiary/aromatic N) is 2. The summed E-state index contributed by atoms with van der Waals surface area (Å²) in [5.74, 6) is 5.64. The topological polar surface area (TPSA) is 55.9 Å². The van der Waals surface area contributed by atoms with Crippen LogP contribution in [0.4, 0.5) is 0 Å². The van der Waals surface area contributed by atoms with Gasteiger partial charge >= 0.3 is 0 Å². The van der Waals surface area contributed by atoms with Gasteiger partial charge in [-0.3, -0.25) is 16.0 Å². The minimum Gasteiger partial charge on any atom is -0.276 e. The highest BCUT2D eigenvalue weighted by Crippen LogP contribution is 2.27. The monoisotopic (exact) mass is 342 g/mol. The molecule has 1 aromatic carbocycles. The van der Waals surface area contributed by atoms with Gasteiger partial charge in [0.05, 0.1) is 11.2 Å². The third-order valence-corrected chi connectivity index (χ3v) is 4.24. The molecule has 1 unspecified atom stereocenters. The van der Waals surface area contributed by atoms with E-state index in [0.29, 0.717) is 5.02 Å². The molecule has 0 bridgehead atoms. The molecule has 0 aliphatic rings. The molecule has 2 aromatic rings. The van der Waals surface area contributed by atoms with Crippen LogP contribution in [0.5, 0.6) is 0 Å². The number of nitrogens with one attached hydrogen (secondary N) is 1. The number of aromatic nitrogens is 2. The van der Waals surface area contributed by atoms with E-state index in [1.54, 1.807) is 4.68 Å². The zero-order chi connectivity index (χ0) is 13.8. The summed E-state index contributed by atoms with van der Waals surface area (Å²) in [6.07, 6.45) is 5.72. The van der Waals surface area contributed by atoms with Crippen molar-refractivity contribution >= 4 is 27.5 Å². The van der Waals surface area contributed by atoms with Crippen molar-refractivity contribution in [1.29, 1.82) is 0 Å². The van der Waals surface area contributed by atoms with Crippen LogP contribution in [0.3, 0.4) is 0 Å². The van der Waals surface area contributed by atoms with Crippen molar-refractivity contribution < 1.29 is 0 Å². The normalized spacial score (nSPS) is 12.6. The van der Waals surface area contributed by atoms with Gasteiger partial charge < -0.3 is 0 Å². The maximum absolute atomic E-state index is 5.99. The maximum atomic E-state index is 5.99. The first-order valence-electron chi connectivity index (χ1n) is 5.98. The van der Waals surface area contributed by atoms with Crippen molar-refractivity contribution in [2.45, 2.75) is 18.9 Å². The average Bonchev–Trinajstić information content (AvgIpc) is 2.80. The Labute approximate surface area is 126 Å². The molecule has 1 heterocycles. The van der Waals surface area contributed by atoms with Gasteiger partial charge in [0.15, 0.2) is 0 Å². The van der Waals surface area contributed by atoms with Crippen molar-refractivity contribution in [2.75, 3.05) is 0 Å². The molecule has 19 heavy (non-hydrogen) atoms. The van der Waals surface area contributed by atoms with E-state index in [1.807, 2.05) is 37.6 Å². The molecule has 2 rings (SSSR count). The highest BCUT2D eigenvalue weighted by Gasteiger charge is 2.11. The van der Waals surface area contributed by atoms with Gasteiger partial charge in [-0.15, -0.1) is 0 Å². The fourth-order valence-corrected chi connectivity index (χ4v) is 2.50. The number of benzene rings is 1. The number of rotatable bonds is 5. The Kier molecular flexibility index (Phi) is 4.99. The van der Waals surface area contributed by atoms with Gasteiger partial charge in [0.1, 0.15) is 0 Å². The van der Waals surface area contributed by atoms with Crippen molar-refractivity contribution in [2.24, 2.45) is 12.9 Å². The Morgan fingerprint density at radius 3 is 2.89 bits per heavy atom. The van der Waals surface area contributed by atoms with Gasteiger partial charge in [0.25, 0.3) is 0 Å². The zero-order valence-corrected chi connectivity index (χ0v) is 12.9. The average molecular weight is 344 g/mol. The summed E-state index contributed by atoms with van der Waals surface area (Å²) in [6, 6.07) is 5.94. The zero-order valence-electron chi connectivity index (χ0n) is 10.6. The lowest BCUT2D eigenvalue weighted by Gasteiger charge is -2.16. The molecule has 0 fully saturated rings. The molecule has 0 radical (unpaired) electrons. The third-order valence-electron chi connectivity index (χ3n) is 3.03. The van der Waals surface area contributed by atoms with Gasteiger partial charge in [-0.1, -0.05) is 17.7 Å². The summed E-state index contributed by atoms with van der Waals surface area (Å²) in [5, 5.41) is 4.86. The maximum Gasteiger partial charge on any atom is 0.0548 e. The van der Waals surface area contributed by atoms with E-state index < -0.39 is 0 Å². The number of aryl methyl sites for hydroxylation is 2. The molecular weight excluding hydrogens is 328 g/mol. The lowest BCUT2D eigenvalue weighted by Crippen LogP contribution is -2.28. The van der Waals surface area contributed by atoms with E-state index in [9.17, 15) is 0 Å². The van der Waals surface area contributed by atoms with Crippen molar-refractivity contribution in [3.8, 4) is 0 Å². The van der Waals surface area contributed by atoms with Gasteiger partial charge in [0, 0.05) is 23.8 Å². The molecule has 0 saturated heterocycles. The Morgan fingerprint density at radius 2 is 2.32 bits per heavy atom. The first-order valence-corrected chi connectivity index (χ1v) is 7.16. The number of hydrogen-bond donors (Lipinski definition) is 2. The van der Waals surface area contributed by atoms with Crippen LogP contribution >= 0.6 is 27.5 Å². The summed E-state index contributed by atoms with van der Waals surface area (Å²) >= 11 is 9.42. The predicted octanol–water partition coefficient (Wildman–Crippen LogP) is 2.97. The van der Waals surface area contributed by atoms with E-state index in [-0.39, 0.29) is 6.04 Å². The quantitative estimate of drug-likeness (QED) is 0.648. The first kappa shape index (κ1) is 14.5. The molecule has 102 valence electrons. The molecule has 1 atom stereocenters. The smallest absolute Gasteiger partial charge is 0.0548 e. The van der Waals surface area contributed by atoms with Crippen LogP contribution in [0.2, 0.25) is 5.02 Å². The van der Waals surface area contributed by atoms with E-state index in [0.717, 1.165) is 22.9 Å². The highest BCUT2D eigenvalue weighted by atomic mass is 79.9. The molecule has 1 aromatic heterocycles. The lowest BCUT2D eigenvalue weighted by atomic mass is 10.0. The third kappa shape index (κ3) is 3.79. The number of nitrogens with two attached hydrogens (primary N) is 1. The Bertz CT molecular complexity index is 555. The Morgan fingerprint density at radius 1 is 1.53 bits per heavy atom. The van der Waals surface area contributed by atoms with E-state index in [4.69, 9.17) is 17.4 Å². The molecule has 0 saturated carbocycles. The molecular formula is C13H16BrClN4. The minimum atomic E-state index is 0.0915. The first-order chi connectivity index (χ1) is 9.10. The van der Waals surface area contributed by atoms with E-state index >= 15 is 0 Å². The summed E-state index contributed by atoms with van der Waals surface area (Å²) in [4.78, 5) is 0. The predicted molar refractivity (Wildman–Crippen MR) is 80.7 cm³/mol. The van der Waals surface area contributed by atoms with Crippen LogP contribution in [0.15, 0.2) is 35.1 Å². The van der Waals surface area contributed by atoms with Crippen molar-refractivity contribution in [3.63, 3.8) is 0 Å². The second-order valence-corrected chi connectivity index (χ2v) is 5.72. The highest BCUT2D eigenvalue weighted by molar-refractivity contribution is 9.10. The molecule has 3 N–H and O–H groups in total. The number of hydrazine groups is 1. The number of hydrogen-bond acceptors (Lipinski definition) is 3. The van der Waals surface area contributed by atoms with Crippen LogP contribution in [0.25, 0.3) is 0 Å². The molecule has 0 aliphatic carbocycles. The lowest BCUT2D eigenvalue weighted by molar-refractivity contribution is 0.516. The standard InChI is InChI=1S/C13H16BrClN4/c1-19-8-9(7-17-19)2-5-13(18-16)10-3-4-12(15)11(14)6-10/h3-4,6-8,13,18H,2,5,16H2,1H3. The second kappa shape index (κ2) is 6.52. The van der Waals surface area contributed by atoms with Crippen molar-refractivity contribution in [1.82, 2.24) is 15.2 Å². The van der Waals surface area contributed by atoms with Gasteiger partial charge in [-0.25, -0.2) is 0 Å². The van der Waals surface area contributed by atoms with Crippen molar-refractivity contribution in [3.05, 3.63) is 51.2 Å². The van der Waals surface area contributed by atoms with Crippen LogP contribution in [-0.4, -0.2) is 9.78 Å². The minimum absolute atomic E-state index is 0.0915. The molecule has 4 nitrogen and oxygen atoms in total. The summed E-state index contributed by atoms with van der Waals surface area (Å²) < 4.78 is 2.69. The van der Waals surface area contributed by atoms with Crippen LogP contribution < -0.4 is 11.3 Å². The Hall–Kier alpha value is -0.880. The van der Waals surface area contributed by atoms with Crippen LogP contribution in [0.1, 0.15) is 23.6 Å². The Balaban J connectivity index is 2.05. The summed E-state index contributed by atoms with van der Waals surface area (Å²) in [6.45, 7) is 0. The number of halogens is 2. The molecule has 6 heteroatoms. The van der Waals surface area contributed by atoms with Gasteiger partial charge in [-0.2, -0.15) is 5.10 Å². The fourth-order valence-electron chi connectivity index (χ4n) is 1.99. The SMILES string of the molecule is Cn1cc(CCC(NN)c2ccc(Cl)c(Br)c2)cn1. The van der Waals surface area contributed by atoms with E-state index in [2.05, 4.69) is 26.5 Å². The largest absolute Gasteiger partial charge is 0.276 e. The fraction of sp³-hybridized carbons (Fsp3) is 0.308. The van der Waals surface area contributed by atoms with Crippen LogP contribution in [0, 0.1) is 0 Å². The van der Waals surface area contributed by atoms with Gasteiger partial charge in [-0.05, 0) is 52.0 Å². The molecule has 0 spiro atoms.